The molecular weight excluding hydrogens is 532 g/mol. The van der Waals surface area contributed by atoms with E-state index in [-0.39, 0.29) is 5.92 Å². The standard InChI is InChI=1S/C33H38N4O3S/c1-5-6-25(19-32(36-34)37-35)24-8-10-26(11-9-24)40-20-23-7-14-31-29(18-23)30(21-41-31)28-13-12-27(17-22(28)2)39-16-15-33(3,4)38/h7-14,17-18,21,25,38H,15-16,19-20,34-35H2,1-4H3,(H,36,37). The number of nitrogens with one attached hydrogen (secondary N) is 1. The van der Waals surface area contributed by atoms with Crippen LogP contribution in [-0.2, 0) is 6.61 Å². The summed E-state index contributed by atoms with van der Waals surface area (Å²) in [5.41, 5.74) is 7.44. The van der Waals surface area contributed by atoms with Gasteiger partial charge in [0, 0.05) is 28.5 Å². The molecule has 0 spiro atoms. The average molecular weight is 571 g/mol. The van der Waals surface area contributed by atoms with Crippen molar-refractivity contribution >= 4 is 27.3 Å². The van der Waals surface area contributed by atoms with Gasteiger partial charge in [-0.05, 0) is 91.7 Å². The van der Waals surface area contributed by atoms with Crippen LogP contribution in [0.2, 0.25) is 0 Å². The van der Waals surface area contributed by atoms with E-state index in [2.05, 4.69) is 65.0 Å². The highest BCUT2D eigenvalue weighted by Gasteiger charge is 2.15. The van der Waals surface area contributed by atoms with Crippen molar-refractivity contribution in [3.05, 3.63) is 82.7 Å². The Morgan fingerprint density at radius 1 is 1.05 bits per heavy atom. The van der Waals surface area contributed by atoms with Gasteiger partial charge in [-0.25, -0.2) is 5.84 Å². The number of hydrogen-bond acceptors (Lipinski definition) is 7. The lowest BCUT2D eigenvalue weighted by Crippen LogP contribution is -2.32. The molecular formula is C33H38N4O3S. The van der Waals surface area contributed by atoms with Gasteiger partial charge in [0.25, 0.3) is 0 Å². The number of rotatable bonds is 11. The summed E-state index contributed by atoms with van der Waals surface area (Å²) in [5, 5.41) is 17.0. The van der Waals surface area contributed by atoms with E-state index in [9.17, 15) is 5.11 Å². The van der Waals surface area contributed by atoms with Gasteiger partial charge >= 0.3 is 0 Å². The summed E-state index contributed by atoms with van der Waals surface area (Å²) < 4.78 is 13.2. The smallest absolute Gasteiger partial charge is 0.137 e. The van der Waals surface area contributed by atoms with E-state index in [1.165, 1.54) is 21.2 Å². The number of nitrogens with zero attached hydrogens (tertiary/aromatic N) is 1. The number of aryl methyl sites for hydroxylation is 1. The molecule has 1 aromatic heterocycles. The number of hydrazone groups is 1. The number of nitrogens with two attached hydrogens (primary N) is 2. The zero-order chi connectivity index (χ0) is 29.4. The Bertz CT molecular complexity index is 1560. The SMILES string of the molecule is CC#CC(C/C(=N/N)NN)c1ccc(OCc2ccc3scc(-c4ccc(OCCC(C)(C)O)cc4C)c3c2)cc1. The molecule has 0 aliphatic rings. The van der Waals surface area contributed by atoms with Crippen molar-refractivity contribution < 1.29 is 14.6 Å². The monoisotopic (exact) mass is 570 g/mol. The zero-order valence-electron chi connectivity index (χ0n) is 24.0. The molecule has 41 heavy (non-hydrogen) atoms. The number of fused-ring (bicyclic) bond motifs is 1. The molecule has 0 saturated heterocycles. The normalized spacial score (nSPS) is 12.5. The van der Waals surface area contributed by atoms with Crippen LogP contribution in [0, 0.1) is 18.8 Å². The lowest BCUT2D eigenvalue weighted by atomic mass is 9.95. The highest BCUT2D eigenvalue weighted by Crippen LogP contribution is 2.37. The first-order valence-electron chi connectivity index (χ1n) is 13.6. The van der Waals surface area contributed by atoms with Gasteiger partial charge in [0.2, 0.25) is 0 Å². The minimum Gasteiger partial charge on any atom is -0.493 e. The predicted molar refractivity (Wildman–Crippen MR) is 169 cm³/mol. The van der Waals surface area contributed by atoms with E-state index in [1.807, 2.05) is 37.3 Å². The fraction of sp³-hybridized carbons (Fsp3) is 0.303. The van der Waals surface area contributed by atoms with Gasteiger partial charge < -0.3 is 25.8 Å². The summed E-state index contributed by atoms with van der Waals surface area (Å²) in [6.07, 6.45) is 1.07. The average Bonchev–Trinajstić information content (AvgIpc) is 3.37. The van der Waals surface area contributed by atoms with Crippen LogP contribution in [0.15, 0.2) is 71.1 Å². The molecule has 8 heteroatoms. The van der Waals surface area contributed by atoms with E-state index < -0.39 is 5.60 Å². The molecule has 0 amide bonds. The number of hydrogen-bond donors (Lipinski definition) is 4. The number of amidine groups is 1. The van der Waals surface area contributed by atoms with Crippen LogP contribution < -0.4 is 26.6 Å². The number of aliphatic hydroxyl groups is 1. The summed E-state index contributed by atoms with van der Waals surface area (Å²) in [7, 11) is 0. The Kier molecular flexibility index (Phi) is 9.90. The highest BCUT2D eigenvalue weighted by atomic mass is 32.1. The number of benzene rings is 3. The molecule has 0 saturated carbocycles. The molecule has 214 valence electrons. The Morgan fingerprint density at radius 2 is 1.80 bits per heavy atom. The van der Waals surface area contributed by atoms with Crippen molar-refractivity contribution in [2.75, 3.05) is 6.61 Å². The second kappa shape index (κ2) is 13.6. The molecule has 1 atom stereocenters. The topological polar surface area (TPSA) is 115 Å². The van der Waals surface area contributed by atoms with Gasteiger partial charge in [-0.1, -0.05) is 30.2 Å². The maximum Gasteiger partial charge on any atom is 0.137 e. The third kappa shape index (κ3) is 8.01. The highest BCUT2D eigenvalue weighted by molar-refractivity contribution is 7.17. The van der Waals surface area contributed by atoms with Gasteiger partial charge in [0.1, 0.15) is 23.9 Å². The molecule has 1 heterocycles. The molecule has 7 nitrogen and oxygen atoms in total. The third-order valence-corrected chi connectivity index (χ3v) is 7.80. The second-order valence-corrected chi connectivity index (χ2v) is 11.5. The van der Waals surface area contributed by atoms with E-state index in [1.54, 1.807) is 25.2 Å². The quantitative estimate of drug-likeness (QED) is 0.0559. The van der Waals surface area contributed by atoms with E-state index in [4.69, 9.17) is 21.2 Å². The minimum absolute atomic E-state index is 0.0800. The van der Waals surface area contributed by atoms with Crippen LogP contribution in [-0.4, -0.2) is 23.2 Å². The molecule has 1 unspecified atom stereocenters. The zero-order valence-corrected chi connectivity index (χ0v) is 24.8. The number of ether oxygens (including phenoxy) is 2. The molecule has 4 aromatic rings. The fourth-order valence-corrected chi connectivity index (χ4v) is 5.49. The number of thiophene rings is 1. The molecule has 0 fully saturated rings. The predicted octanol–water partition coefficient (Wildman–Crippen LogP) is 6.23. The molecule has 4 rings (SSSR count). The first-order valence-corrected chi connectivity index (χ1v) is 14.4. The van der Waals surface area contributed by atoms with Gasteiger partial charge in [0.05, 0.1) is 18.1 Å². The van der Waals surface area contributed by atoms with Crippen molar-refractivity contribution in [1.29, 1.82) is 0 Å². The molecule has 0 bridgehead atoms. The Hall–Kier alpha value is -4.03. The summed E-state index contributed by atoms with van der Waals surface area (Å²) in [6, 6.07) is 20.6. The van der Waals surface area contributed by atoms with Crippen LogP contribution in [0.5, 0.6) is 11.5 Å². The van der Waals surface area contributed by atoms with Crippen molar-refractivity contribution in [2.45, 2.75) is 58.7 Å². The van der Waals surface area contributed by atoms with Crippen LogP contribution in [0.4, 0.5) is 0 Å². The van der Waals surface area contributed by atoms with Crippen LogP contribution >= 0.6 is 11.3 Å². The molecule has 0 aliphatic heterocycles. The Morgan fingerprint density at radius 3 is 2.46 bits per heavy atom. The summed E-state index contributed by atoms with van der Waals surface area (Å²) in [4.78, 5) is 0. The molecule has 6 N–H and O–H groups in total. The maximum atomic E-state index is 9.93. The lowest BCUT2D eigenvalue weighted by Gasteiger charge is -2.17. The second-order valence-electron chi connectivity index (χ2n) is 10.6. The van der Waals surface area contributed by atoms with Crippen molar-refractivity contribution in [3.63, 3.8) is 0 Å². The molecule has 3 aromatic carbocycles. The number of hydrazine groups is 1. The van der Waals surface area contributed by atoms with Crippen LogP contribution in [0.3, 0.4) is 0 Å². The fourth-order valence-electron chi connectivity index (χ4n) is 4.55. The minimum atomic E-state index is -0.741. The van der Waals surface area contributed by atoms with Crippen molar-refractivity contribution in [1.82, 2.24) is 5.43 Å². The third-order valence-electron chi connectivity index (χ3n) is 6.83. The summed E-state index contributed by atoms with van der Waals surface area (Å²) in [5.74, 6) is 19.1. The van der Waals surface area contributed by atoms with Gasteiger partial charge in [0.15, 0.2) is 0 Å². The maximum absolute atomic E-state index is 9.93. The molecule has 0 radical (unpaired) electrons. The van der Waals surface area contributed by atoms with Crippen molar-refractivity contribution in [2.24, 2.45) is 16.8 Å². The van der Waals surface area contributed by atoms with E-state index in [0.29, 0.717) is 31.9 Å². The largest absolute Gasteiger partial charge is 0.493 e. The molecule has 0 aliphatic carbocycles. The summed E-state index contributed by atoms with van der Waals surface area (Å²) in [6.45, 7) is 8.42. The Balaban J connectivity index is 1.45. The van der Waals surface area contributed by atoms with E-state index in [0.717, 1.165) is 28.2 Å². The van der Waals surface area contributed by atoms with Crippen molar-refractivity contribution in [3.8, 4) is 34.5 Å². The van der Waals surface area contributed by atoms with Gasteiger partial charge in [-0.15, -0.1) is 17.3 Å². The van der Waals surface area contributed by atoms with E-state index >= 15 is 0 Å². The first kappa shape index (κ1) is 29.9. The van der Waals surface area contributed by atoms with Crippen LogP contribution in [0.25, 0.3) is 21.2 Å². The first-order chi connectivity index (χ1) is 19.7. The van der Waals surface area contributed by atoms with Gasteiger partial charge in [-0.2, -0.15) is 5.10 Å². The lowest BCUT2D eigenvalue weighted by molar-refractivity contribution is 0.0553. The summed E-state index contributed by atoms with van der Waals surface area (Å²) >= 11 is 1.74. The van der Waals surface area contributed by atoms with Gasteiger partial charge in [-0.3, -0.25) is 0 Å². The Labute approximate surface area is 246 Å². The van der Waals surface area contributed by atoms with Crippen LogP contribution in [0.1, 0.15) is 56.2 Å².